The zero-order valence-electron chi connectivity index (χ0n) is 17.9. The van der Waals surface area contributed by atoms with Crippen LogP contribution in [0, 0.1) is 13.8 Å². The van der Waals surface area contributed by atoms with Crippen LogP contribution in [-0.2, 0) is 4.79 Å². The Balaban J connectivity index is 1.83. The maximum atomic E-state index is 13.1. The number of anilines is 1. The Labute approximate surface area is 187 Å². The Bertz CT molecular complexity index is 1000. The van der Waals surface area contributed by atoms with Crippen molar-refractivity contribution in [3.63, 3.8) is 0 Å². The van der Waals surface area contributed by atoms with Gasteiger partial charge in [0.2, 0.25) is 0 Å². The Hall–Kier alpha value is -2.15. The van der Waals surface area contributed by atoms with Gasteiger partial charge in [0.15, 0.2) is 11.7 Å². The molecule has 3 rings (SSSR count). The summed E-state index contributed by atoms with van der Waals surface area (Å²) in [6.45, 7) is 11.6. The molecule has 0 spiro atoms. The monoisotopic (exact) mass is 445 g/mol. The summed E-state index contributed by atoms with van der Waals surface area (Å²) in [5, 5.41) is 1.35. The van der Waals surface area contributed by atoms with Gasteiger partial charge in [-0.05, 0) is 68.4 Å². The number of hydrogen-bond donors (Lipinski definition) is 0. The molecule has 0 radical (unpaired) electrons. The Morgan fingerprint density at radius 2 is 1.77 bits per heavy atom. The lowest BCUT2D eigenvalue weighted by molar-refractivity contribution is -0.120. The van der Waals surface area contributed by atoms with Crippen molar-refractivity contribution in [1.29, 1.82) is 0 Å². The van der Waals surface area contributed by atoms with Crippen LogP contribution in [0.3, 0.4) is 0 Å². The molecule has 3 aromatic rings. The van der Waals surface area contributed by atoms with Crippen LogP contribution < -0.4 is 9.64 Å². The van der Waals surface area contributed by atoms with E-state index < -0.39 is 0 Å². The lowest BCUT2D eigenvalue weighted by Gasteiger charge is -2.24. The fourth-order valence-electron chi connectivity index (χ4n) is 3.19. The second-order valence-electron chi connectivity index (χ2n) is 7.17. The van der Waals surface area contributed by atoms with Gasteiger partial charge in [-0.25, -0.2) is 4.98 Å². The molecule has 5 nitrogen and oxygen atoms in total. The van der Waals surface area contributed by atoms with E-state index in [-0.39, 0.29) is 12.5 Å². The van der Waals surface area contributed by atoms with Crippen molar-refractivity contribution >= 4 is 44.2 Å². The molecule has 0 bridgehead atoms. The summed E-state index contributed by atoms with van der Waals surface area (Å²) >= 11 is 7.47. The first-order chi connectivity index (χ1) is 14.4. The zero-order chi connectivity index (χ0) is 21.7. The number of carbonyl (C=O) groups excluding carboxylic acids is 1. The molecule has 0 saturated carbocycles. The van der Waals surface area contributed by atoms with Crippen LogP contribution in [0.5, 0.6) is 5.75 Å². The number of halogens is 1. The first-order valence-corrected chi connectivity index (χ1v) is 11.4. The molecule has 0 aliphatic heterocycles. The zero-order valence-corrected chi connectivity index (χ0v) is 19.5. The number of thiazole rings is 1. The van der Waals surface area contributed by atoms with E-state index in [0.717, 1.165) is 40.5 Å². The molecule has 0 fully saturated rings. The molecule has 0 aliphatic rings. The SMILES string of the molecule is CCN(CC)CCN(C(=O)COc1ccc(Cl)cc1)c1nc2c(C)c(C)ccc2s1. The van der Waals surface area contributed by atoms with Gasteiger partial charge in [-0.2, -0.15) is 0 Å². The third-order valence-electron chi connectivity index (χ3n) is 5.32. The Morgan fingerprint density at radius 1 is 1.07 bits per heavy atom. The van der Waals surface area contributed by atoms with Crippen LogP contribution in [0.25, 0.3) is 10.2 Å². The highest BCUT2D eigenvalue weighted by Crippen LogP contribution is 2.32. The van der Waals surface area contributed by atoms with Gasteiger partial charge in [0.1, 0.15) is 5.75 Å². The number of aromatic nitrogens is 1. The average molecular weight is 446 g/mol. The van der Waals surface area contributed by atoms with E-state index in [1.54, 1.807) is 40.5 Å². The number of aryl methyl sites for hydroxylation is 2. The van der Waals surface area contributed by atoms with Gasteiger partial charge >= 0.3 is 0 Å². The highest BCUT2D eigenvalue weighted by Gasteiger charge is 2.21. The molecule has 0 atom stereocenters. The third-order valence-corrected chi connectivity index (χ3v) is 6.61. The molecule has 0 saturated heterocycles. The van der Waals surface area contributed by atoms with Crippen molar-refractivity contribution in [3.8, 4) is 5.75 Å². The lowest BCUT2D eigenvalue weighted by atomic mass is 10.1. The van der Waals surface area contributed by atoms with Gasteiger partial charge < -0.3 is 9.64 Å². The number of carbonyl (C=O) groups is 1. The van der Waals surface area contributed by atoms with E-state index in [9.17, 15) is 4.79 Å². The van der Waals surface area contributed by atoms with Crippen LogP contribution in [0.15, 0.2) is 36.4 Å². The summed E-state index contributed by atoms with van der Waals surface area (Å²) in [4.78, 5) is 22.0. The number of benzene rings is 2. The van der Waals surface area contributed by atoms with Crippen molar-refractivity contribution in [2.45, 2.75) is 27.7 Å². The number of nitrogens with zero attached hydrogens (tertiary/aromatic N) is 3. The molecule has 30 heavy (non-hydrogen) atoms. The molecule has 0 unspecified atom stereocenters. The van der Waals surface area contributed by atoms with Gasteiger partial charge in [-0.3, -0.25) is 9.69 Å². The minimum absolute atomic E-state index is 0.0478. The number of likely N-dealkylation sites (N-methyl/N-ethyl adjacent to an activating group) is 1. The minimum Gasteiger partial charge on any atom is -0.484 e. The van der Waals surface area contributed by atoms with E-state index in [4.69, 9.17) is 21.3 Å². The first kappa shape index (κ1) is 22.5. The molecular weight excluding hydrogens is 418 g/mol. The summed E-state index contributed by atoms with van der Waals surface area (Å²) in [5.74, 6) is 0.512. The molecule has 160 valence electrons. The summed E-state index contributed by atoms with van der Waals surface area (Å²) in [7, 11) is 0. The summed E-state index contributed by atoms with van der Waals surface area (Å²) in [5.41, 5.74) is 3.32. The second kappa shape index (κ2) is 10.2. The molecule has 0 N–H and O–H groups in total. The van der Waals surface area contributed by atoms with Crippen molar-refractivity contribution in [2.75, 3.05) is 37.7 Å². The minimum atomic E-state index is -0.106. The highest BCUT2D eigenvalue weighted by molar-refractivity contribution is 7.22. The van der Waals surface area contributed by atoms with Gasteiger partial charge in [-0.15, -0.1) is 0 Å². The van der Waals surface area contributed by atoms with E-state index >= 15 is 0 Å². The van der Waals surface area contributed by atoms with Gasteiger partial charge in [0, 0.05) is 18.1 Å². The van der Waals surface area contributed by atoms with Crippen LogP contribution in [0.2, 0.25) is 5.02 Å². The molecule has 0 aliphatic carbocycles. The van der Waals surface area contributed by atoms with Gasteiger partial charge in [0.25, 0.3) is 5.91 Å². The summed E-state index contributed by atoms with van der Waals surface area (Å²) in [6, 6.07) is 11.2. The predicted molar refractivity (Wildman–Crippen MR) is 126 cm³/mol. The molecule has 1 heterocycles. The van der Waals surface area contributed by atoms with Crippen molar-refractivity contribution in [3.05, 3.63) is 52.5 Å². The van der Waals surface area contributed by atoms with Crippen molar-refractivity contribution in [1.82, 2.24) is 9.88 Å². The number of amides is 1. The van der Waals surface area contributed by atoms with Crippen LogP contribution >= 0.6 is 22.9 Å². The quantitative estimate of drug-likeness (QED) is 0.447. The molecule has 1 aromatic heterocycles. The highest BCUT2D eigenvalue weighted by atomic mass is 35.5. The number of rotatable bonds is 9. The largest absolute Gasteiger partial charge is 0.484 e. The van der Waals surface area contributed by atoms with E-state index in [1.807, 2.05) is 0 Å². The van der Waals surface area contributed by atoms with E-state index in [0.29, 0.717) is 17.3 Å². The molecular formula is C23H28ClN3O2S. The average Bonchev–Trinajstić information content (AvgIpc) is 3.18. The standard InChI is InChI=1S/C23H28ClN3O2S/c1-5-26(6-2)13-14-27(21(28)15-29-19-10-8-18(24)9-11-19)23-25-22-17(4)16(3)7-12-20(22)30-23/h7-12H,5-6,13-15H2,1-4H3. The predicted octanol–water partition coefficient (Wildman–Crippen LogP) is 5.32. The van der Waals surface area contributed by atoms with Crippen LogP contribution in [-0.4, -0.2) is 48.6 Å². The second-order valence-corrected chi connectivity index (χ2v) is 8.61. The fraction of sp³-hybridized carbons (Fsp3) is 0.391. The van der Waals surface area contributed by atoms with Crippen molar-refractivity contribution in [2.24, 2.45) is 0 Å². The van der Waals surface area contributed by atoms with E-state index in [1.165, 1.54) is 5.56 Å². The smallest absolute Gasteiger partial charge is 0.266 e. The maximum absolute atomic E-state index is 13.1. The Morgan fingerprint density at radius 3 is 2.43 bits per heavy atom. The third kappa shape index (κ3) is 5.31. The topological polar surface area (TPSA) is 45.7 Å². The molecule has 1 amide bonds. The normalized spacial score (nSPS) is 11.3. The maximum Gasteiger partial charge on any atom is 0.266 e. The molecule has 7 heteroatoms. The van der Waals surface area contributed by atoms with Crippen LogP contribution in [0.1, 0.15) is 25.0 Å². The van der Waals surface area contributed by atoms with Crippen LogP contribution in [0.4, 0.5) is 5.13 Å². The van der Waals surface area contributed by atoms with Gasteiger partial charge in [0.05, 0.1) is 10.2 Å². The number of fused-ring (bicyclic) bond motifs is 1. The first-order valence-electron chi connectivity index (χ1n) is 10.2. The lowest BCUT2D eigenvalue weighted by Crippen LogP contribution is -2.41. The summed E-state index contributed by atoms with van der Waals surface area (Å²) < 4.78 is 6.81. The number of hydrogen-bond acceptors (Lipinski definition) is 5. The Kier molecular flexibility index (Phi) is 7.69. The number of ether oxygens (including phenoxy) is 1. The summed E-state index contributed by atoms with van der Waals surface area (Å²) in [6.07, 6.45) is 0. The van der Waals surface area contributed by atoms with Gasteiger partial charge in [-0.1, -0.05) is 42.9 Å². The fourth-order valence-corrected chi connectivity index (χ4v) is 4.39. The van der Waals surface area contributed by atoms with Crippen molar-refractivity contribution < 1.29 is 9.53 Å². The van der Waals surface area contributed by atoms with E-state index in [2.05, 4.69) is 44.7 Å². The molecule has 2 aromatic carbocycles.